The van der Waals surface area contributed by atoms with Gasteiger partial charge in [-0.1, -0.05) is 43.2 Å². The van der Waals surface area contributed by atoms with E-state index in [1.165, 1.54) is 35.0 Å². The molecule has 3 aliphatic heterocycles. The number of carbonyl (C=O) groups excluding carboxylic acids is 1. The molecule has 4 N–H and O–H groups in total. The van der Waals surface area contributed by atoms with E-state index in [0.29, 0.717) is 37.1 Å². The molecule has 3 saturated heterocycles. The summed E-state index contributed by atoms with van der Waals surface area (Å²) in [6.45, 7) is 12.1. The molecule has 348 valence electrons. The topological polar surface area (TPSA) is 184 Å². The molecule has 2 aromatic heterocycles. The molecule has 0 spiro atoms. The predicted octanol–water partition coefficient (Wildman–Crippen LogP) is 8.64. The smallest absolute Gasteiger partial charge is 0.293 e. The second-order valence-corrected chi connectivity index (χ2v) is 21.1. The fourth-order valence-corrected chi connectivity index (χ4v) is 11.3. The Labute approximate surface area is 390 Å². The number of rotatable bonds is 14. The molecule has 1 amide bonds. The molecule has 15 nitrogen and oxygen atoms in total. The number of piperazine rings is 1. The molecule has 3 fully saturated rings. The maximum Gasteiger partial charge on any atom is 0.293 e. The summed E-state index contributed by atoms with van der Waals surface area (Å²) >= 11 is 6.25. The number of nitrogens with zero attached hydrogens (tertiary/aromatic N) is 4. The van der Waals surface area contributed by atoms with Crippen molar-refractivity contribution in [1.29, 1.82) is 0 Å². The summed E-state index contributed by atoms with van der Waals surface area (Å²) in [6.07, 6.45) is 9.24. The van der Waals surface area contributed by atoms with E-state index < -0.39 is 31.4 Å². The van der Waals surface area contributed by atoms with Crippen molar-refractivity contribution in [3.05, 3.63) is 117 Å². The Balaban J connectivity index is 0.925. The van der Waals surface area contributed by atoms with Crippen LogP contribution >= 0.6 is 11.6 Å². The number of H-pyrrole nitrogens is 1. The Morgan fingerprint density at radius 3 is 2.55 bits per heavy atom. The minimum Gasteiger partial charge on any atom is -0.455 e. The molecule has 17 heteroatoms. The molecule has 5 heterocycles. The lowest BCUT2D eigenvalue weighted by atomic mass is 9.71. The molecular weight excluding hydrogens is 880 g/mol. The number of fused-ring (bicyclic) bond motifs is 1. The van der Waals surface area contributed by atoms with Crippen LogP contribution in [-0.2, 0) is 14.8 Å². The molecule has 4 aliphatic rings. The van der Waals surface area contributed by atoms with Crippen LogP contribution < -0.4 is 25.0 Å². The number of benzene rings is 3. The average molecular weight is 938 g/mol. The Bertz CT molecular complexity index is 2740. The summed E-state index contributed by atoms with van der Waals surface area (Å²) in [4.78, 5) is 37.6. The van der Waals surface area contributed by atoms with Gasteiger partial charge in [0.2, 0.25) is 0 Å². The fraction of sp³-hybridized carbons (Fsp3) is 0.429. The number of nitrogens with one attached hydrogen (secondary N) is 4. The molecule has 9 rings (SSSR count). The SMILES string of the molecule is CC1(C)CCC(CN2CCN(c3ccc(C(=O)NS(=O)(=O)c4ccc(NC[C@@]5(C6CCOCC6)CCNC5)c([N+](=O)[O-])c4)c(Oc4cnc5[nH]ccc5c4)c3)CC2)=C(c2ccc(Cl)cc2)C1. The summed E-state index contributed by atoms with van der Waals surface area (Å²) in [5.41, 5.74) is 5.47. The van der Waals surface area contributed by atoms with Crippen molar-refractivity contribution >= 4 is 61.2 Å². The first kappa shape index (κ1) is 45.6. The number of nitro benzene ring substituents is 1. The highest BCUT2D eigenvalue weighted by molar-refractivity contribution is 7.90. The van der Waals surface area contributed by atoms with Crippen molar-refractivity contribution in [2.45, 2.75) is 57.3 Å². The van der Waals surface area contributed by atoms with Gasteiger partial charge in [-0.05, 0) is 116 Å². The zero-order valence-electron chi connectivity index (χ0n) is 37.4. The molecule has 1 aliphatic carbocycles. The predicted molar refractivity (Wildman–Crippen MR) is 257 cm³/mol. The highest BCUT2D eigenvalue weighted by Crippen LogP contribution is 2.44. The van der Waals surface area contributed by atoms with Crippen LogP contribution in [0.4, 0.5) is 17.1 Å². The van der Waals surface area contributed by atoms with Gasteiger partial charge in [0.25, 0.3) is 21.6 Å². The van der Waals surface area contributed by atoms with E-state index in [1.54, 1.807) is 30.5 Å². The number of hydrogen-bond donors (Lipinski definition) is 4. The van der Waals surface area contributed by atoms with E-state index in [1.807, 2.05) is 18.2 Å². The molecule has 3 aromatic carbocycles. The van der Waals surface area contributed by atoms with E-state index in [4.69, 9.17) is 21.1 Å². The molecule has 0 radical (unpaired) electrons. The summed E-state index contributed by atoms with van der Waals surface area (Å²) in [5.74, 6) is -0.0738. The van der Waals surface area contributed by atoms with E-state index in [0.717, 1.165) is 107 Å². The van der Waals surface area contributed by atoms with Crippen molar-refractivity contribution in [3.63, 3.8) is 0 Å². The Hall–Kier alpha value is -5.52. The van der Waals surface area contributed by atoms with Gasteiger partial charge in [0.15, 0.2) is 0 Å². The standard InChI is InChI=1S/C49H57ClN8O7S/c1-48(2)15-11-35(42(28-48)33-3-5-37(50)6-4-33)30-56-19-21-57(22-20-56)38-7-9-41(45(26-38)65-39-25-34-12-17-52-46(34)53-29-39)47(59)55-66(62,63)40-8-10-43(44(27-40)58(60)61)54-32-49(16-18-51-31-49)36-13-23-64-24-14-36/h3-10,12,17,25-27,29,36,51,54H,11,13-16,18-24,28,30-32H2,1-2H3,(H,52,53)(H,55,59)/t49-/m1/s1. The third kappa shape index (κ3) is 10.1. The zero-order valence-corrected chi connectivity index (χ0v) is 39.0. The number of pyridine rings is 1. The van der Waals surface area contributed by atoms with Gasteiger partial charge >= 0.3 is 0 Å². The Morgan fingerprint density at radius 1 is 1.02 bits per heavy atom. The largest absolute Gasteiger partial charge is 0.455 e. The van der Waals surface area contributed by atoms with Crippen LogP contribution in [0.2, 0.25) is 5.02 Å². The van der Waals surface area contributed by atoms with Crippen molar-refractivity contribution in [3.8, 4) is 11.5 Å². The summed E-state index contributed by atoms with van der Waals surface area (Å²) < 4.78 is 41.9. The first-order valence-corrected chi connectivity index (χ1v) is 24.7. The molecule has 0 unspecified atom stereocenters. The number of aromatic nitrogens is 2. The van der Waals surface area contributed by atoms with Gasteiger partial charge in [0.05, 0.1) is 21.6 Å². The number of hydrogen-bond acceptors (Lipinski definition) is 12. The quantitative estimate of drug-likeness (QED) is 0.0615. The lowest BCUT2D eigenvalue weighted by molar-refractivity contribution is -0.384. The van der Waals surface area contributed by atoms with Gasteiger partial charge in [0, 0.05) is 98.9 Å². The lowest BCUT2D eigenvalue weighted by Crippen LogP contribution is -2.47. The number of ether oxygens (including phenoxy) is 2. The van der Waals surface area contributed by atoms with Crippen molar-refractivity contribution in [2.24, 2.45) is 16.7 Å². The van der Waals surface area contributed by atoms with Crippen molar-refractivity contribution in [1.82, 2.24) is 24.9 Å². The van der Waals surface area contributed by atoms with Crippen LogP contribution in [0.25, 0.3) is 16.6 Å². The summed E-state index contributed by atoms with van der Waals surface area (Å²) in [7, 11) is -4.58. The maximum absolute atomic E-state index is 14.1. The molecule has 0 saturated carbocycles. The monoisotopic (exact) mass is 936 g/mol. The number of sulfonamides is 1. The van der Waals surface area contributed by atoms with Gasteiger partial charge in [-0.25, -0.2) is 18.1 Å². The Kier molecular flexibility index (Phi) is 13.1. The molecule has 5 aromatic rings. The zero-order chi connectivity index (χ0) is 46.1. The van der Waals surface area contributed by atoms with Crippen LogP contribution in [0.1, 0.15) is 68.3 Å². The van der Waals surface area contributed by atoms with Gasteiger partial charge in [-0.3, -0.25) is 19.8 Å². The second kappa shape index (κ2) is 19.0. The third-order valence-electron chi connectivity index (χ3n) is 14.0. The van der Waals surface area contributed by atoms with Gasteiger partial charge in [-0.15, -0.1) is 0 Å². The van der Waals surface area contributed by atoms with Crippen LogP contribution in [-0.4, -0.2) is 99.7 Å². The summed E-state index contributed by atoms with van der Waals surface area (Å²) in [6, 6.07) is 20.6. The summed E-state index contributed by atoms with van der Waals surface area (Å²) in [5, 5.41) is 20.7. The number of amides is 1. The fourth-order valence-electron chi connectivity index (χ4n) is 10.2. The van der Waals surface area contributed by atoms with Crippen LogP contribution in [0.3, 0.4) is 0 Å². The molecule has 66 heavy (non-hydrogen) atoms. The number of anilines is 2. The highest BCUT2D eigenvalue weighted by atomic mass is 35.5. The third-order valence-corrected chi connectivity index (χ3v) is 15.6. The normalized spacial score (nSPS) is 20.7. The number of carbonyl (C=O) groups is 1. The van der Waals surface area contributed by atoms with Crippen molar-refractivity contribution < 1.29 is 27.6 Å². The molecular formula is C49H57ClN8O7S. The van der Waals surface area contributed by atoms with Gasteiger partial charge in [0.1, 0.15) is 22.8 Å². The lowest BCUT2D eigenvalue weighted by Gasteiger charge is -2.39. The second-order valence-electron chi connectivity index (χ2n) is 19.0. The minimum absolute atomic E-state index is 0.0339. The van der Waals surface area contributed by atoms with E-state index in [-0.39, 0.29) is 27.8 Å². The minimum atomic E-state index is -4.58. The first-order valence-electron chi connectivity index (χ1n) is 22.8. The van der Waals surface area contributed by atoms with E-state index >= 15 is 0 Å². The van der Waals surface area contributed by atoms with Crippen LogP contribution in [0, 0.1) is 26.9 Å². The van der Waals surface area contributed by atoms with Crippen LogP contribution in [0.5, 0.6) is 11.5 Å². The number of halogens is 1. The number of nitro groups is 1. The van der Waals surface area contributed by atoms with Crippen molar-refractivity contribution in [2.75, 3.05) is 75.8 Å². The molecule has 1 atom stereocenters. The maximum atomic E-state index is 14.1. The van der Waals surface area contributed by atoms with Crippen LogP contribution in [0.15, 0.2) is 95.7 Å². The van der Waals surface area contributed by atoms with Gasteiger partial charge in [-0.2, -0.15) is 0 Å². The number of aromatic amines is 1. The Morgan fingerprint density at radius 2 is 1.80 bits per heavy atom. The first-order chi connectivity index (χ1) is 31.7. The highest BCUT2D eigenvalue weighted by Gasteiger charge is 2.42. The molecule has 0 bridgehead atoms. The van der Waals surface area contributed by atoms with E-state index in [9.17, 15) is 23.3 Å². The average Bonchev–Trinajstić information content (AvgIpc) is 4.00. The van der Waals surface area contributed by atoms with E-state index in [2.05, 4.69) is 61.1 Å². The van der Waals surface area contributed by atoms with Gasteiger partial charge < -0.3 is 30.0 Å². The number of allylic oxidation sites excluding steroid dienone is 1.